The highest BCUT2D eigenvalue weighted by Crippen LogP contribution is 2.33. The molecule has 0 radical (unpaired) electrons. The highest BCUT2D eigenvalue weighted by Gasteiger charge is 2.18. The second-order valence-electron chi connectivity index (χ2n) is 6.96. The average molecular weight is 406 g/mol. The second-order valence-corrected chi connectivity index (χ2v) is 6.96. The molecule has 0 atom stereocenters. The normalized spacial score (nSPS) is 11.9. The molecular weight excluding hydrogens is 384 g/mol. The molecule has 0 unspecified atom stereocenters. The Morgan fingerprint density at radius 1 is 1.10 bits per heavy atom. The molecule has 0 bridgehead atoms. The Bertz CT molecular complexity index is 1160. The number of rotatable bonds is 6. The van der Waals surface area contributed by atoms with E-state index in [9.17, 15) is 9.59 Å². The van der Waals surface area contributed by atoms with E-state index in [1.54, 1.807) is 49.8 Å². The molecule has 30 heavy (non-hydrogen) atoms. The van der Waals surface area contributed by atoms with Crippen LogP contribution in [-0.2, 0) is 0 Å². The third kappa shape index (κ3) is 3.84. The lowest BCUT2D eigenvalue weighted by molar-refractivity contribution is 0.0952. The van der Waals surface area contributed by atoms with Crippen LogP contribution >= 0.6 is 0 Å². The van der Waals surface area contributed by atoms with Crippen molar-refractivity contribution in [3.8, 4) is 17.2 Å². The molecule has 154 valence electrons. The van der Waals surface area contributed by atoms with E-state index in [1.165, 1.54) is 4.57 Å². The van der Waals surface area contributed by atoms with E-state index in [1.807, 2.05) is 13.0 Å². The molecule has 4 rings (SSSR count). The van der Waals surface area contributed by atoms with Crippen LogP contribution < -0.4 is 25.7 Å². The lowest BCUT2D eigenvalue weighted by Gasteiger charge is -2.13. The maximum atomic E-state index is 13.0. The Balaban J connectivity index is 1.48. The largest absolute Gasteiger partial charge is 0.454 e. The van der Waals surface area contributed by atoms with Gasteiger partial charge in [-0.3, -0.25) is 19.1 Å². The molecule has 2 N–H and O–H groups in total. The molecule has 1 amide bonds. The number of aromatic nitrogens is 2. The molecule has 8 nitrogen and oxygen atoms in total. The molecule has 8 heteroatoms. The van der Waals surface area contributed by atoms with Gasteiger partial charge in [-0.05, 0) is 49.2 Å². The Hall–Kier alpha value is -3.81. The van der Waals surface area contributed by atoms with Crippen LogP contribution in [0.4, 0.5) is 5.69 Å². The smallest absolute Gasteiger partial charge is 0.268 e. The van der Waals surface area contributed by atoms with E-state index in [2.05, 4.69) is 15.6 Å². The van der Waals surface area contributed by atoms with E-state index in [0.29, 0.717) is 35.8 Å². The molecule has 0 saturated carbocycles. The fourth-order valence-electron chi connectivity index (χ4n) is 3.27. The Morgan fingerprint density at radius 2 is 1.93 bits per heavy atom. The van der Waals surface area contributed by atoms with Crippen molar-refractivity contribution >= 4 is 11.6 Å². The molecule has 1 aromatic carbocycles. The minimum Gasteiger partial charge on any atom is -0.454 e. The molecule has 3 aromatic rings. The van der Waals surface area contributed by atoms with Crippen LogP contribution in [0.3, 0.4) is 0 Å². The summed E-state index contributed by atoms with van der Waals surface area (Å²) in [5.41, 5.74) is 2.94. The van der Waals surface area contributed by atoms with Crippen molar-refractivity contribution in [1.82, 2.24) is 14.9 Å². The molecule has 2 aromatic heterocycles. The van der Waals surface area contributed by atoms with Gasteiger partial charge in [0.05, 0.1) is 5.69 Å². The zero-order valence-corrected chi connectivity index (χ0v) is 16.8. The summed E-state index contributed by atoms with van der Waals surface area (Å²) in [5.74, 6) is 0.804. The topological polar surface area (TPSA) is 94.5 Å². The standard InChI is InChI=1S/C22H22N4O4/c1-14-6-10-26(16-3-4-18-19(11-16)30-13-29-18)22(28)20(14)21(27)25-9-8-24-17-5-7-23-12-15(17)2/h3-7,10-12H,8-9,13H2,1-2H3,(H,23,24)(H,25,27). The molecule has 0 aliphatic carbocycles. The van der Waals surface area contributed by atoms with E-state index < -0.39 is 5.91 Å². The Morgan fingerprint density at radius 3 is 2.77 bits per heavy atom. The van der Waals surface area contributed by atoms with Gasteiger partial charge in [0.1, 0.15) is 5.56 Å². The predicted octanol–water partition coefficient (Wildman–Crippen LogP) is 2.42. The fraction of sp³-hybridized carbons (Fsp3) is 0.227. The highest BCUT2D eigenvalue weighted by molar-refractivity contribution is 5.95. The summed E-state index contributed by atoms with van der Waals surface area (Å²) in [7, 11) is 0. The molecular formula is C22H22N4O4. The number of hydrogen-bond donors (Lipinski definition) is 2. The summed E-state index contributed by atoms with van der Waals surface area (Å²) in [6.07, 6.45) is 5.13. The van der Waals surface area contributed by atoms with Gasteiger partial charge < -0.3 is 20.1 Å². The lowest BCUT2D eigenvalue weighted by Crippen LogP contribution is -2.35. The van der Waals surface area contributed by atoms with Gasteiger partial charge in [-0.25, -0.2) is 0 Å². The van der Waals surface area contributed by atoms with Crippen molar-refractivity contribution < 1.29 is 14.3 Å². The molecule has 1 aliphatic heterocycles. The summed E-state index contributed by atoms with van der Waals surface area (Å²) >= 11 is 0. The molecule has 1 aliphatic rings. The maximum absolute atomic E-state index is 13.0. The van der Waals surface area contributed by atoms with Gasteiger partial charge in [0.15, 0.2) is 11.5 Å². The minimum absolute atomic E-state index is 0.121. The van der Waals surface area contributed by atoms with Crippen LogP contribution in [0.25, 0.3) is 5.69 Å². The Kier molecular flexibility index (Phi) is 5.38. The number of hydrogen-bond acceptors (Lipinski definition) is 6. The minimum atomic E-state index is -0.402. The molecule has 0 saturated heterocycles. The van der Waals surface area contributed by atoms with Crippen molar-refractivity contribution in [2.24, 2.45) is 0 Å². The summed E-state index contributed by atoms with van der Waals surface area (Å²) in [4.78, 5) is 29.8. The van der Waals surface area contributed by atoms with Gasteiger partial charge in [0, 0.05) is 43.4 Å². The van der Waals surface area contributed by atoms with Gasteiger partial charge in [-0.15, -0.1) is 0 Å². The highest BCUT2D eigenvalue weighted by atomic mass is 16.7. The SMILES string of the molecule is Cc1cnccc1NCCNC(=O)c1c(C)ccn(-c2ccc3c(c2)OCO3)c1=O. The monoisotopic (exact) mass is 406 g/mol. The van der Waals surface area contributed by atoms with Crippen molar-refractivity contribution in [3.63, 3.8) is 0 Å². The summed E-state index contributed by atoms with van der Waals surface area (Å²) in [5, 5.41) is 6.06. The van der Waals surface area contributed by atoms with Gasteiger partial charge >= 0.3 is 0 Å². The van der Waals surface area contributed by atoms with Crippen molar-refractivity contribution in [3.05, 3.63) is 76.0 Å². The number of fused-ring (bicyclic) bond motifs is 1. The van der Waals surface area contributed by atoms with Crippen LogP contribution in [0.1, 0.15) is 21.5 Å². The number of benzene rings is 1. The maximum Gasteiger partial charge on any atom is 0.268 e. The first-order chi connectivity index (χ1) is 14.5. The van der Waals surface area contributed by atoms with E-state index in [4.69, 9.17) is 9.47 Å². The van der Waals surface area contributed by atoms with E-state index >= 15 is 0 Å². The van der Waals surface area contributed by atoms with Crippen molar-refractivity contribution in [2.45, 2.75) is 13.8 Å². The lowest BCUT2D eigenvalue weighted by atomic mass is 10.1. The summed E-state index contributed by atoms with van der Waals surface area (Å²) in [6.45, 7) is 4.76. The van der Waals surface area contributed by atoms with Gasteiger partial charge in [-0.2, -0.15) is 0 Å². The van der Waals surface area contributed by atoms with Gasteiger partial charge in [0.2, 0.25) is 6.79 Å². The quantitative estimate of drug-likeness (QED) is 0.611. The third-order valence-electron chi connectivity index (χ3n) is 4.91. The second kappa shape index (κ2) is 8.28. The number of anilines is 1. The zero-order valence-electron chi connectivity index (χ0n) is 16.8. The number of nitrogens with zero attached hydrogens (tertiary/aromatic N) is 2. The zero-order chi connectivity index (χ0) is 21.1. The van der Waals surface area contributed by atoms with Crippen molar-refractivity contribution in [1.29, 1.82) is 0 Å². The number of aryl methyl sites for hydroxylation is 2. The fourth-order valence-corrected chi connectivity index (χ4v) is 3.27. The van der Waals surface area contributed by atoms with E-state index in [0.717, 1.165) is 11.3 Å². The number of carbonyl (C=O) groups excluding carboxylic acids is 1. The molecule has 0 fully saturated rings. The van der Waals surface area contributed by atoms with Gasteiger partial charge in [0.25, 0.3) is 11.5 Å². The van der Waals surface area contributed by atoms with Crippen LogP contribution in [-0.4, -0.2) is 35.3 Å². The first-order valence-electron chi connectivity index (χ1n) is 9.59. The molecule has 3 heterocycles. The van der Waals surface area contributed by atoms with Crippen LogP contribution in [0.15, 0.2) is 53.7 Å². The summed E-state index contributed by atoms with van der Waals surface area (Å²) in [6, 6.07) is 8.85. The number of nitrogens with one attached hydrogen (secondary N) is 2. The predicted molar refractivity (Wildman–Crippen MR) is 113 cm³/mol. The first-order valence-corrected chi connectivity index (χ1v) is 9.59. The van der Waals surface area contributed by atoms with E-state index in [-0.39, 0.29) is 17.9 Å². The Labute approximate surface area is 173 Å². The number of ether oxygens (including phenoxy) is 2. The summed E-state index contributed by atoms with van der Waals surface area (Å²) < 4.78 is 12.1. The van der Waals surface area contributed by atoms with Crippen molar-refractivity contribution in [2.75, 3.05) is 25.2 Å². The number of amides is 1. The molecule has 0 spiro atoms. The third-order valence-corrected chi connectivity index (χ3v) is 4.91. The van der Waals surface area contributed by atoms with Crippen LogP contribution in [0.5, 0.6) is 11.5 Å². The first kappa shape index (κ1) is 19.5. The van der Waals surface area contributed by atoms with Crippen LogP contribution in [0.2, 0.25) is 0 Å². The number of carbonyl (C=O) groups is 1. The average Bonchev–Trinajstić information content (AvgIpc) is 3.20. The van der Waals surface area contributed by atoms with Crippen LogP contribution in [0, 0.1) is 13.8 Å². The van der Waals surface area contributed by atoms with Gasteiger partial charge in [-0.1, -0.05) is 0 Å². The number of pyridine rings is 2.